The Labute approximate surface area is 193 Å². The topological polar surface area (TPSA) is 62.1 Å². The van der Waals surface area contributed by atoms with Crippen molar-refractivity contribution in [3.05, 3.63) is 81.7 Å². The maximum absolute atomic E-state index is 13.0. The summed E-state index contributed by atoms with van der Waals surface area (Å²) in [6.07, 6.45) is 2.95. The number of anilines is 1. The number of thiophene rings is 1. The number of nitriles is 1. The first kappa shape index (κ1) is 22.1. The minimum Gasteiger partial charge on any atom is -0.489 e. The molecule has 1 amide bonds. The summed E-state index contributed by atoms with van der Waals surface area (Å²) in [5.74, 6) is 1.00. The van der Waals surface area contributed by atoms with Gasteiger partial charge in [-0.1, -0.05) is 57.2 Å². The summed E-state index contributed by atoms with van der Waals surface area (Å²) >= 11 is 1.56. The van der Waals surface area contributed by atoms with Crippen molar-refractivity contribution in [3.63, 3.8) is 0 Å². The van der Waals surface area contributed by atoms with Crippen molar-refractivity contribution < 1.29 is 9.53 Å². The summed E-state index contributed by atoms with van der Waals surface area (Å²) in [4.78, 5) is 14.2. The molecule has 1 unspecified atom stereocenters. The highest BCUT2D eigenvalue weighted by Gasteiger charge is 2.32. The summed E-state index contributed by atoms with van der Waals surface area (Å²) < 4.78 is 5.86. The van der Waals surface area contributed by atoms with Crippen LogP contribution in [0.1, 0.15) is 59.1 Å². The summed E-state index contributed by atoms with van der Waals surface area (Å²) in [5.41, 5.74) is 3.56. The average molecular weight is 445 g/mol. The third-order valence-electron chi connectivity index (χ3n) is 6.17. The summed E-state index contributed by atoms with van der Waals surface area (Å²) in [6.45, 7) is 7.27. The largest absolute Gasteiger partial charge is 0.489 e. The highest BCUT2D eigenvalue weighted by Crippen LogP contribution is 2.44. The van der Waals surface area contributed by atoms with Crippen molar-refractivity contribution in [2.24, 2.45) is 11.3 Å². The monoisotopic (exact) mass is 444 g/mol. The molecule has 1 aromatic heterocycles. The molecule has 0 radical (unpaired) electrons. The van der Waals surface area contributed by atoms with Gasteiger partial charge >= 0.3 is 0 Å². The quantitative estimate of drug-likeness (QED) is 0.482. The number of fused-ring (bicyclic) bond motifs is 1. The molecular weight excluding hydrogens is 416 g/mol. The molecule has 1 atom stereocenters. The van der Waals surface area contributed by atoms with Gasteiger partial charge in [0.15, 0.2) is 0 Å². The zero-order chi connectivity index (χ0) is 22.7. The molecular formula is C27H28N2O2S. The number of carbonyl (C=O) groups excluding carboxylic acids is 1. The van der Waals surface area contributed by atoms with E-state index in [2.05, 4.69) is 32.2 Å². The predicted octanol–water partition coefficient (Wildman–Crippen LogP) is 6.60. The van der Waals surface area contributed by atoms with E-state index in [0.717, 1.165) is 30.4 Å². The molecule has 0 spiro atoms. The van der Waals surface area contributed by atoms with Gasteiger partial charge in [-0.15, -0.1) is 11.3 Å². The maximum Gasteiger partial charge on any atom is 0.256 e. The van der Waals surface area contributed by atoms with E-state index in [-0.39, 0.29) is 11.3 Å². The molecule has 1 aliphatic carbocycles. The lowest BCUT2D eigenvalue weighted by Gasteiger charge is -2.33. The van der Waals surface area contributed by atoms with Crippen LogP contribution in [0.15, 0.2) is 54.6 Å². The Morgan fingerprint density at radius 3 is 2.69 bits per heavy atom. The van der Waals surface area contributed by atoms with Gasteiger partial charge < -0.3 is 10.1 Å². The molecule has 5 heteroatoms. The number of hydrogen-bond acceptors (Lipinski definition) is 4. The van der Waals surface area contributed by atoms with Crippen molar-refractivity contribution in [3.8, 4) is 11.8 Å². The zero-order valence-corrected chi connectivity index (χ0v) is 19.6. The molecule has 4 rings (SSSR count). The first-order valence-electron chi connectivity index (χ1n) is 11.0. The Balaban J connectivity index is 1.49. The van der Waals surface area contributed by atoms with Gasteiger partial charge in [-0.05, 0) is 59.9 Å². The van der Waals surface area contributed by atoms with E-state index in [9.17, 15) is 10.1 Å². The van der Waals surface area contributed by atoms with Gasteiger partial charge in [0, 0.05) is 10.4 Å². The number of nitrogens with zero attached hydrogens (tertiary/aromatic N) is 1. The van der Waals surface area contributed by atoms with E-state index in [1.807, 2.05) is 42.5 Å². The molecule has 4 nitrogen and oxygen atoms in total. The summed E-state index contributed by atoms with van der Waals surface area (Å²) in [6, 6.07) is 19.4. The van der Waals surface area contributed by atoms with Gasteiger partial charge in [-0.3, -0.25) is 4.79 Å². The van der Waals surface area contributed by atoms with Gasteiger partial charge in [0.05, 0.1) is 5.56 Å². The number of nitrogens with one attached hydrogen (secondary N) is 1. The standard InChI is InChI=1S/C27H28N2O2S/c1-27(2,3)20-12-13-22-23(16-28)26(32-24(22)15-20)29-25(30)19-10-7-11-21(14-19)31-17-18-8-5-4-6-9-18/h4-11,14,20H,12-13,15,17H2,1-3H3,(H,29,30). The Morgan fingerprint density at radius 1 is 1.19 bits per heavy atom. The predicted molar refractivity (Wildman–Crippen MR) is 129 cm³/mol. The van der Waals surface area contributed by atoms with Crippen LogP contribution in [-0.4, -0.2) is 5.91 Å². The van der Waals surface area contributed by atoms with Crippen molar-refractivity contribution in [2.75, 3.05) is 5.32 Å². The fraction of sp³-hybridized carbons (Fsp3) is 0.333. The van der Waals surface area contributed by atoms with Gasteiger partial charge in [0.25, 0.3) is 5.91 Å². The van der Waals surface area contributed by atoms with Crippen LogP contribution in [0.2, 0.25) is 0 Å². The van der Waals surface area contributed by atoms with Crippen LogP contribution in [0.3, 0.4) is 0 Å². The van der Waals surface area contributed by atoms with Crippen LogP contribution < -0.4 is 10.1 Å². The molecule has 0 aliphatic heterocycles. The fourth-order valence-corrected chi connectivity index (χ4v) is 5.45. The highest BCUT2D eigenvalue weighted by molar-refractivity contribution is 7.16. The Bertz CT molecular complexity index is 1150. The minimum atomic E-state index is -0.224. The second-order valence-electron chi connectivity index (χ2n) is 9.38. The molecule has 0 fully saturated rings. The highest BCUT2D eigenvalue weighted by atomic mass is 32.1. The van der Waals surface area contributed by atoms with Crippen LogP contribution in [0.25, 0.3) is 0 Å². The lowest BCUT2D eigenvalue weighted by atomic mass is 9.72. The molecule has 0 saturated carbocycles. The number of hydrogen-bond donors (Lipinski definition) is 1. The Kier molecular flexibility index (Phi) is 6.34. The number of carbonyl (C=O) groups is 1. The lowest BCUT2D eigenvalue weighted by Crippen LogP contribution is -2.26. The van der Waals surface area contributed by atoms with Gasteiger partial charge in [0.1, 0.15) is 23.4 Å². The molecule has 3 aromatic rings. The van der Waals surface area contributed by atoms with Crippen LogP contribution in [-0.2, 0) is 19.4 Å². The van der Waals surface area contributed by atoms with Crippen LogP contribution in [0, 0.1) is 22.7 Å². The van der Waals surface area contributed by atoms with E-state index in [1.165, 1.54) is 4.88 Å². The van der Waals surface area contributed by atoms with Crippen LogP contribution in [0.4, 0.5) is 5.00 Å². The number of benzene rings is 2. The van der Waals surface area contributed by atoms with Crippen LogP contribution in [0.5, 0.6) is 5.75 Å². The third kappa shape index (κ3) is 4.87. The molecule has 2 aromatic carbocycles. The summed E-state index contributed by atoms with van der Waals surface area (Å²) in [5, 5.41) is 13.4. The van der Waals surface area contributed by atoms with E-state index in [4.69, 9.17) is 4.74 Å². The Morgan fingerprint density at radius 2 is 1.97 bits per heavy atom. The number of amides is 1. The fourth-order valence-electron chi connectivity index (χ4n) is 4.17. The molecule has 1 aliphatic rings. The van der Waals surface area contributed by atoms with Gasteiger partial charge in [0.2, 0.25) is 0 Å². The van der Waals surface area contributed by atoms with E-state index in [0.29, 0.717) is 34.4 Å². The first-order chi connectivity index (χ1) is 15.3. The summed E-state index contributed by atoms with van der Waals surface area (Å²) in [7, 11) is 0. The molecule has 1 heterocycles. The van der Waals surface area contributed by atoms with E-state index in [1.54, 1.807) is 23.5 Å². The zero-order valence-electron chi connectivity index (χ0n) is 18.8. The second kappa shape index (κ2) is 9.18. The number of rotatable bonds is 5. The van der Waals surface area contributed by atoms with E-state index < -0.39 is 0 Å². The minimum absolute atomic E-state index is 0.224. The number of ether oxygens (including phenoxy) is 1. The van der Waals surface area contributed by atoms with Gasteiger partial charge in [-0.2, -0.15) is 5.26 Å². The molecule has 164 valence electrons. The SMILES string of the molecule is CC(C)(C)C1CCc2c(sc(NC(=O)c3cccc(OCc4ccccc4)c3)c2C#N)C1. The lowest BCUT2D eigenvalue weighted by molar-refractivity contribution is 0.102. The molecule has 1 N–H and O–H groups in total. The van der Waals surface area contributed by atoms with Crippen molar-refractivity contribution >= 4 is 22.2 Å². The average Bonchev–Trinajstić information content (AvgIpc) is 3.14. The van der Waals surface area contributed by atoms with E-state index >= 15 is 0 Å². The maximum atomic E-state index is 13.0. The van der Waals surface area contributed by atoms with Crippen LogP contribution >= 0.6 is 11.3 Å². The molecule has 32 heavy (non-hydrogen) atoms. The Hall–Kier alpha value is -3.10. The van der Waals surface area contributed by atoms with Crippen molar-refractivity contribution in [2.45, 2.75) is 46.6 Å². The normalized spacial score (nSPS) is 15.5. The third-order valence-corrected chi connectivity index (χ3v) is 7.34. The molecule has 0 saturated heterocycles. The van der Waals surface area contributed by atoms with Crippen molar-refractivity contribution in [1.82, 2.24) is 0 Å². The van der Waals surface area contributed by atoms with Gasteiger partial charge in [-0.25, -0.2) is 0 Å². The van der Waals surface area contributed by atoms with Crippen molar-refractivity contribution in [1.29, 1.82) is 5.26 Å². The molecule has 0 bridgehead atoms. The smallest absolute Gasteiger partial charge is 0.256 e. The first-order valence-corrected chi connectivity index (χ1v) is 11.8. The second-order valence-corrected chi connectivity index (χ2v) is 10.5.